The first-order valence-corrected chi connectivity index (χ1v) is 12.7. The minimum atomic E-state index is 0.569. The molecular formula is C26H32N8O2. The molecule has 188 valence electrons. The van der Waals surface area contributed by atoms with Crippen LogP contribution in [-0.2, 0) is 11.3 Å². The van der Waals surface area contributed by atoms with Crippen molar-refractivity contribution < 1.29 is 9.15 Å². The second-order valence-electron chi connectivity index (χ2n) is 9.23. The number of hydrogen-bond donors (Lipinski definition) is 1. The highest BCUT2D eigenvalue weighted by molar-refractivity contribution is 5.58. The van der Waals surface area contributed by atoms with Crippen LogP contribution >= 0.6 is 0 Å². The van der Waals surface area contributed by atoms with Gasteiger partial charge in [0.15, 0.2) is 11.4 Å². The smallest absolute Gasteiger partial charge is 0.225 e. The summed E-state index contributed by atoms with van der Waals surface area (Å²) in [7, 11) is 0. The minimum Gasteiger partial charge on any atom is -0.461 e. The SMILES string of the molecule is c1ccc(N2CCN(Cc3cnc(NCCN4CCOCC4)n4nc(-c5ccco5)nc34)CC2)cc1. The number of aromatic nitrogens is 4. The Morgan fingerprint density at radius 1 is 0.889 bits per heavy atom. The number of hydrogen-bond acceptors (Lipinski definition) is 9. The fraction of sp³-hybridized carbons (Fsp3) is 0.423. The van der Waals surface area contributed by atoms with Gasteiger partial charge in [0.2, 0.25) is 11.8 Å². The number of nitrogens with zero attached hydrogens (tertiary/aromatic N) is 7. The molecule has 2 fully saturated rings. The van der Waals surface area contributed by atoms with E-state index in [2.05, 4.69) is 50.3 Å². The van der Waals surface area contributed by atoms with Crippen molar-refractivity contribution in [2.45, 2.75) is 6.54 Å². The minimum absolute atomic E-state index is 0.569. The summed E-state index contributed by atoms with van der Waals surface area (Å²) in [5, 5.41) is 8.22. The molecule has 36 heavy (non-hydrogen) atoms. The van der Waals surface area contributed by atoms with E-state index in [1.165, 1.54) is 5.69 Å². The Bertz CT molecular complexity index is 1250. The van der Waals surface area contributed by atoms with Crippen LogP contribution in [-0.4, -0.2) is 95.0 Å². The second kappa shape index (κ2) is 10.7. The molecule has 10 nitrogen and oxygen atoms in total. The van der Waals surface area contributed by atoms with Gasteiger partial charge in [-0.15, -0.1) is 5.10 Å². The molecule has 3 aromatic heterocycles. The van der Waals surface area contributed by atoms with Crippen molar-refractivity contribution in [1.82, 2.24) is 29.4 Å². The van der Waals surface area contributed by atoms with E-state index < -0.39 is 0 Å². The van der Waals surface area contributed by atoms with Crippen molar-refractivity contribution >= 4 is 17.3 Å². The predicted molar refractivity (Wildman–Crippen MR) is 138 cm³/mol. The molecule has 0 aliphatic carbocycles. The lowest BCUT2D eigenvalue weighted by atomic mass is 10.2. The third kappa shape index (κ3) is 5.06. The monoisotopic (exact) mass is 488 g/mol. The number of benzene rings is 1. The zero-order chi connectivity index (χ0) is 24.2. The van der Waals surface area contributed by atoms with Crippen LogP contribution in [0.25, 0.3) is 17.2 Å². The third-order valence-corrected chi connectivity index (χ3v) is 6.88. The van der Waals surface area contributed by atoms with Gasteiger partial charge in [-0.2, -0.15) is 4.52 Å². The number of ether oxygens (including phenoxy) is 1. The van der Waals surface area contributed by atoms with Crippen molar-refractivity contribution in [2.75, 3.05) is 75.8 Å². The summed E-state index contributed by atoms with van der Waals surface area (Å²) >= 11 is 0. The first-order chi connectivity index (χ1) is 17.8. The number of para-hydroxylation sites is 1. The Labute approximate surface area is 210 Å². The van der Waals surface area contributed by atoms with Crippen LogP contribution in [0, 0.1) is 0 Å². The average molecular weight is 489 g/mol. The van der Waals surface area contributed by atoms with Crippen LogP contribution in [0.5, 0.6) is 0 Å². The van der Waals surface area contributed by atoms with Crippen molar-refractivity contribution in [3.63, 3.8) is 0 Å². The highest BCUT2D eigenvalue weighted by atomic mass is 16.5. The van der Waals surface area contributed by atoms with Crippen molar-refractivity contribution in [3.05, 3.63) is 60.5 Å². The van der Waals surface area contributed by atoms with E-state index in [1.54, 1.807) is 6.26 Å². The first kappa shape index (κ1) is 23.0. The molecule has 0 spiro atoms. The maximum atomic E-state index is 5.58. The van der Waals surface area contributed by atoms with Crippen LogP contribution in [0.4, 0.5) is 11.6 Å². The normalized spacial score (nSPS) is 17.6. The molecule has 0 amide bonds. The summed E-state index contributed by atoms with van der Waals surface area (Å²) < 4.78 is 12.9. The van der Waals surface area contributed by atoms with E-state index in [1.807, 2.05) is 22.8 Å². The lowest BCUT2D eigenvalue weighted by Crippen LogP contribution is -2.46. The summed E-state index contributed by atoms with van der Waals surface area (Å²) in [6, 6.07) is 14.4. The van der Waals surface area contributed by atoms with E-state index in [-0.39, 0.29) is 0 Å². The lowest BCUT2D eigenvalue weighted by molar-refractivity contribution is 0.0398. The van der Waals surface area contributed by atoms with Gasteiger partial charge in [0.25, 0.3) is 0 Å². The quantitative estimate of drug-likeness (QED) is 0.402. The molecule has 1 aromatic carbocycles. The summed E-state index contributed by atoms with van der Waals surface area (Å²) in [6.07, 6.45) is 3.59. The number of nitrogens with one attached hydrogen (secondary N) is 1. The van der Waals surface area contributed by atoms with Gasteiger partial charge >= 0.3 is 0 Å². The van der Waals surface area contributed by atoms with Gasteiger partial charge in [-0.25, -0.2) is 9.97 Å². The van der Waals surface area contributed by atoms with Gasteiger partial charge in [0.05, 0.1) is 19.5 Å². The van der Waals surface area contributed by atoms with Crippen LogP contribution < -0.4 is 10.2 Å². The number of anilines is 2. The highest BCUT2D eigenvalue weighted by Gasteiger charge is 2.21. The van der Waals surface area contributed by atoms with E-state index in [0.717, 1.165) is 83.3 Å². The second-order valence-corrected chi connectivity index (χ2v) is 9.23. The Morgan fingerprint density at radius 3 is 2.50 bits per heavy atom. The molecule has 6 rings (SSSR count). The molecule has 0 bridgehead atoms. The molecule has 10 heteroatoms. The first-order valence-electron chi connectivity index (χ1n) is 12.7. The number of rotatable bonds is 8. The summed E-state index contributed by atoms with van der Waals surface area (Å²) in [5.74, 6) is 1.92. The summed E-state index contributed by atoms with van der Waals surface area (Å²) in [6.45, 7) is 9.98. The fourth-order valence-electron chi connectivity index (χ4n) is 4.86. The van der Waals surface area contributed by atoms with Gasteiger partial charge in [-0.3, -0.25) is 9.80 Å². The molecule has 0 atom stereocenters. The molecule has 5 heterocycles. The molecule has 0 unspecified atom stereocenters. The van der Waals surface area contributed by atoms with Crippen molar-refractivity contribution in [3.8, 4) is 11.6 Å². The van der Waals surface area contributed by atoms with Crippen LogP contribution in [0.1, 0.15) is 5.56 Å². The van der Waals surface area contributed by atoms with Gasteiger partial charge in [0.1, 0.15) is 0 Å². The standard InChI is InChI=1S/C26H32N8O2/c1-2-5-22(6-3-1)33-12-10-32(11-13-33)20-21-19-28-26(27-8-9-31-14-17-35-18-15-31)34-25(21)29-24(30-34)23-7-4-16-36-23/h1-7,16,19H,8-15,17-18,20H2,(H,27,28). The summed E-state index contributed by atoms with van der Waals surface area (Å²) in [5.41, 5.74) is 3.16. The third-order valence-electron chi connectivity index (χ3n) is 6.88. The zero-order valence-corrected chi connectivity index (χ0v) is 20.4. The average Bonchev–Trinajstić information content (AvgIpc) is 3.62. The lowest BCUT2D eigenvalue weighted by Gasteiger charge is -2.36. The zero-order valence-electron chi connectivity index (χ0n) is 20.4. The Balaban J connectivity index is 1.18. The fourth-order valence-corrected chi connectivity index (χ4v) is 4.86. The van der Waals surface area contributed by atoms with Crippen molar-refractivity contribution in [2.24, 2.45) is 0 Å². The molecule has 1 N–H and O–H groups in total. The largest absolute Gasteiger partial charge is 0.461 e. The predicted octanol–water partition coefficient (Wildman–Crippen LogP) is 2.45. The number of morpholine rings is 1. The Hall–Kier alpha value is -3.47. The van der Waals surface area contributed by atoms with E-state index >= 15 is 0 Å². The summed E-state index contributed by atoms with van der Waals surface area (Å²) in [4.78, 5) is 16.9. The van der Waals surface area contributed by atoms with Crippen molar-refractivity contribution in [1.29, 1.82) is 0 Å². The van der Waals surface area contributed by atoms with E-state index in [0.29, 0.717) is 17.5 Å². The molecule has 2 aliphatic heterocycles. The number of furan rings is 1. The topological polar surface area (TPSA) is 87.2 Å². The van der Waals surface area contributed by atoms with Crippen LogP contribution in [0.3, 0.4) is 0 Å². The molecule has 4 aromatic rings. The number of fused-ring (bicyclic) bond motifs is 1. The molecule has 0 radical (unpaired) electrons. The van der Waals surface area contributed by atoms with Crippen LogP contribution in [0.2, 0.25) is 0 Å². The van der Waals surface area contributed by atoms with Gasteiger partial charge in [-0.1, -0.05) is 18.2 Å². The Morgan fingerprint density at radius 2 is 1.72 bits per heavy atom. The van der Waals surface area contributed by atoms with E-state index in [4.69, 9.17) is 24.2 Å². The highest BCUT2D eigenvalue weighted by Crippen LogP contribution is 2.22. The number of piperazine rings is 1. The van der Waals surface area contributed by atoms with Gasteiger partial charge in [0, 0.05) is 76.4 Å². The van der Waals surface area contributed by atoms with Gasteiger partial charge in [-0.05, 0) is 24.3 Å². The van der Waals surface area contributed by atoms with Crippen LogP contribution in [0.15, 0.2) is 59.3 Å². The maximum Gasteiger partial charge on any atom is 0.225 e. The molecular weight excluding hydrogens is 456 g/mol. The van der Waals surface area contributed by atoms with Gasteiger partial charge < -0.3 is 19.4 Å². The molecule has 2 saturated heterocycles. The molecule has 0 saturated carbocycles. The van der Waals surface area contributed by atoms with E-state index in [9.17, 15) is 0 Å². The maximum absolute atomic E-state index is 5.58. The Kier molecular flexibility index (Phi) is 6.79. The molecule has 2 aliphatic rings.